The summed E-state index contributed by atoms with van der Waals surface area (Å²) in [4.78, 5) is 18.8. The van der Waals surface area contributed by atoms with Gasteiger partial charge in [-0.2, -0.15) is 0 Å². The highest BCUT2D eigenvalue weighted by Crippen LogP contribution is 2.31. The van der Waals surface area contributed by atoms with Crippen molar-refractivity contribution in [2.45, 2.75) is 12.8 Å². The molecule has 0 atom stereocenters. The molecule has 25 heavy (non-hydrogen) atoms. The summed E-state index contributed by atoms with van der Waals surface area (Å²) < 4.78 is 6.48. The molecule has 0 spiro atoms. The summed E-state index contributed by atoms with van der Waals surface area (Å²) in [6.07, 6.45) is 1.37. The van der Waals surface area contributed by atoms with Crippen molar-refractivity contribution < 1.29 is 9.53 Å². The average molecular weight is 407 g/mol. The first-order valence-corrected chi connectivity index (χ1v) is 8.75. The number of hydrogen-bond acceptors (Lipinski definition) is 6. The van der Waals surface area contributed by atoms with Crippen LogP contribution < -0.4 is 15.5 Å². The number of nitrogens with zero attached hydrogens (tertiary/aromatic N) is 2. The van der Waals surface area contributed by atoms with Crippen LogP contribution in [-0.4, -0.2) is 50.8 Å². The van der Waals surface area contributed by atoms with Gasteiger partial charge in [-0.25, -0.2) is 4.98 Å². The summed E-state index contributed by atoms with van der Waals surface area (Å²) in [5, 5.41) is 7.03. The predicted octanol–water partition coefficient (Wildman–Crippen LogP) is 2.91. The molecule has 1 aromatic carbocycles. The number of halogens is 2. The van der Waals surface area contributed by atoms with Crippen LogP contribution in [0.5, 0.6) is 0 Å². The van der Waals surface area contributed by atoms with Crippen molar-refractivity contribution >= 4 is 63.1 Å². The number of morpholine rings is 1. The van der Waals surface area contributed by atoms with Crippen LogP contribution in [0.25, 0.3) is 10.2 Å². The number of hydrogen-bond donors (Lipinski definition) is 2. The van der Waals surface area contributed by atoms with Crippen LogP contribution in [0.2, 0.25) is 0 Å². The molecule has 1 aliphatic heterocycles. The van der Waals surface area contributed by atoms with Gasteiger partial charge in [-0.15, -0.1) is 24.8 Å². The van der Waals surface area contributed by atoms with Gasteiger partial charge in [0.05, 0.1) is 23.4 Å². The van der Waals surface area contributed by atoms with E-state index in [0.717, 1.165) is 60.3 Å². The molecule has 0 bridgehead atoms. The molecule has 1 saturated heterocycles. The lowest BCUT2D eigenvalue weighted by Crippen LogP contribution is -2.36. The highest BCUT2D eigenvalue weighted by Gasteiger charge is 2.15. The number of ether oxygens (including phenoxy) is 1. The average Bonchev–Trinajstić information content (AvgIpc) is 2.99. The minimum Gasteiger partial charge on any atom is -0.378 e. The van der Waals surface area contributed by atoms with E-state index in [0.29, 0.717) is 6.42 Å². The summed E-state index contributed by atoms with van der Waals surface area (Å²) in [6.45, 7) is 4.13. The zero-order valence-corrected chi connectivity index (χ0v) is 16.6. The number of nitrogens with one attached hydrogen (secondary N) is 2. The Labute approximate surface area is 164 Å². The molecule has 0 saturated carbocycles. The maximum atomic E-state index is 11.9. The lowest BCUT2D eigenvalue weighted by molar-refractivity contribution is -0.116. The molecule has 0 radical (unpaired) electrons. The monoisotopic (exact) mass is 406 g/mol. The normalized spacial score (nSPS) is 13.9. The number of amides is 1. The van der Waals surface area contributed by atoms with Crippen LogP contribution in [0.1, 0.15) is 12.8 Å². The SMILES string of the molecule is CNCCCC(=O)Nc1ccc2nc(N3CCOCC3)sc2c1.Cl.Cl. The third-order valence-electron chi connectivity index (χ3n) is 3.77. The molecule has 0 aliphatic carbocycles. The topological polar surface area (TPSA) is 66.5 Å². The Kier molecular flexibility index (Phi) is 9.45. The van der Waals surface area contributed by atoms with E-state index in [9.17, 15) is 4.79 Å². The van der Waals surface area contributed by atoms with E-state index in [4.69, 9.17) is 4.74 Å². The number of thiazole rings is 1. The minimum atomic E-state index is 0. The largest absolute Gasteiger partial charge is 0.378 e. The van der Waals surface area contributed by atoms with Gasteiger partial charge in [-0.3, -0.25) is 4.79 Å². The van der Waals surface area contributed by atoms with Crippen LogP contribution in [0.3, 0.4) is 0 Å². The van der Waals surface area contributed by atoms with Crippen molar-refractivity contribution in [2.75, 3.05) is 50.1 Å². The fourth-order valence-corrected chi connectivity index (χ4v) is 3.59. The Morgan fingerprint density at radius 1 is 1.32 bits per heavy atom. The third kappa shape index (κ3) is 5.97. The number of anilines is 2. The molecular formula is C16H24Cl2N4O2S. The molecule has 3 rings (SSSR count). The van der Waals surface area contributed by atoms with Crippen molar-refractivity contribution in [1.29, 1.82) is 0 Å². The molecule has 6 nitrogen and oxygen atoms in total. The molecule has 1 fully saturated rings. The van der Waals surface area contributed by atoms with Crippen LogP contribution in [0.15, 0.2) is 18.2 Å². The number of carbonyl (C=O) groups is 1. The number of fused-ring (bicyclic) bond motifs is 1. The van der Waals surface area contributed by atoms with Gasteiger partial charge in [-0.1, -0.05) is 11.3 Å². The molecular weight excluding hydrogens is 383 g/mol. The van der Waals surface area contributed by atoms with E-state index in [1.54, 1.807) is 11.3 Å². The van der Waals surface area contributed by atoms with Crippen LogP contribution in [-0.2, 0) is 9.53 Å². The van der Waals surface area contributed by atoms with E-state index in [2.05, 4.69) is 20.5 Å². The smallest absolute Gasteiger partial charge is 0.224 e. The first kappa shape index (κ1) is 21.9. The summed E-state index contributed by atoms with van der Waals surface area (Å²) in [5.41, 5.74) is 1.81. The van der Waals surface area contributed by atoms with Crippen LogP contribution in [0, 0.1) is 0 Å². The number of aromatic nitrogens is 1. The Balaban J connectivity index is 0.00000156. The maximum Gasteiger partial charge on any atom is 0.224 e. The molecule has 140 valence electrons. The van der Waals surface area contributed by atoms with Crippen molar-refractivity contribution in [3.8, 4) is 0 Å². The third-order valence-corrected chi connectivity index (χ3v) is 4.85. The Hall–Kier alpha value is -1.12. The van der Waals surface area contributed by atoms with Crippen molar-refractivity contribution in [3.63, 3.8) is 0 Å². The standard InChI is InChI=1S/C16H22N4O2S.2ClH/c1-17-6-2-3-15(21)18-12-4-5-13-14(11-12)23-16(19-13)20-7-9-22-10-8-20;;/h4-5,11,17H,2-3,6-10H2,1H3,(H,18,21);2*1H. The van der Waals surface area contributed by atoms with Crippen molar-refractivity contribution in [2.24, 2.45) is 0 Å². The Bertz CT molecular complexity index is 677. The Morgan fingerprint density at radius 3 is 2.80 bits per heavy atom. The first-order valence-electron chi connectivity index (χ1n) is 7.94. The highest BCUT2D eigenvalue weighted by molar-refractivity contribution is 7.22. The summed E-state index contributed by atoms with van der Waals surface area (Å²) in [5.74, 6) is 0.0533. The van der Waals surface area contributed by atoms with E-state index in [1.807, 2.05) is 25.2 Å². The first-order chi connectivity index (χ1) is 11.3. The van der Waals surface area contributed by atoms with Crippen molar-refractivity contribution in [3.05, 3.63) is 18.2 Å². The van der Waals surface area contributed by atoms with E-state index in [-0.39, 0.29) is 30.7 Å². The van der Waals surface area contributed by atoms with Gasteiger partial charge in [0.1, 0.15) is 0 Å². The van der Waals surface area contributed by atoms with Gasteiger partial charge >= 0.3 is 0 Å². The van der Waals surface area contributed by atoms with Crippen LogP contribution in [0.4, 0.5) is 10.8 Å². The summed E-state index contributed by atoms with van der Waals surface area (Å²) in [6, 6.07) is 5.90. The van der Waals surface area contributed by atoms with Gasteiger partial charge in [0.15, 0.2) is 5.13 Å². The molecule has 1 amide bonds. The second kappa shape index (κ2) is 10.8. The minimum absolute atomic E-state index is 0. The quantitative estimate of drug-likeness (QED) is 0.721. The second-order valence-corrected chi connectivity index (χ2v) is 6.54. The van der Waals surface area contributed by atoms with E-state index in [1.165, 1.54) is 0 Å². The van der Waals surface area contributed by atoms with Gasteiger partial charge in [-0.05, 0) is 38.2 Å². The second-order valence-electron chi connectivity index (χ2n) is 5.53. The molecule has 2 N–H and O–H groups in total. The maximum absolute atomic E-state index is 11.9. The number of rotatable bonds is 6. The van der Waals surface area contributed by atoms with Gasteiger partial charge in [0.25, 0.3) is 0 Å². The summed E-state index contributed by atoms with van der Waals surface area (Å²) >= 11 is 1.66. The van der Waals surface area contributed by atoms with Gasteiger partial charge in [0.2, 0.25) is 5.91 Å². The van der Waals surface area contributed by atoms with E-state index >= 15 is 0 Å². The lowest BCUT2D eigenvalue weighted by atomic mass is 10.2. The molecule has 9 heteroatoms. The molecule has 1 aliphatic rings. The number of benzene rings is 1. The zero-order valence-electron chi connectivity index (χ0n) is 14.1. The van der Waals surface area contributed by atoms with Crippen molar-refractivity contribution in [1.82, 2.24) is 10.3 Å². The highest BCUT2D eigenvalue weighted by atomic mass is 35.5. The molecule has 0 unspecified atom stereocenters. The zero-order chi connectivity index (χ0) is 16.1. The predicted molar refractivity (Wildman–Crippen MR) is 109 cm³/mol. The molecule has 1 aromatic heterocycles. The summed E-state index contributed by atoms with van der Waals surface area (Å²) in [7, 11) is 1.89. The van der Waals surface area contributed by atoms with Gasteiger partial charge < -0.3 is 20.3 Å². The molecule has 2 heterocycles. The number of carbonyl (C=O) groups excluding carboxylic acids is 1. The van der Waals surface area contributed by atoms with Gasteiger partial charge in [0, 0.05) is 25.2 Å². The van der Waals surface area contributed by atoms with E-state index < -0.39 is 0 Å². The fourth-order valence-electron chi connectivity index (χ4n) is 2.53. The molecule has 2 aromatic rings. The lowest BCUT2D eigenvalue weighted by Gasteiger charge is -2.25. The fraction of sp³-hybridized carbons (Fsp3) is 0.500. The Morgan fingerprint density at radius 2 is 2.08 bits per heavy atom. The van der Waals surface area contributed by atoms with Crippen LogP contribution >= 0.6 is 36.2 Å².